The van der Waals surface area contributed by atoms with Gasteiger partial charge in [-0.25, -0.2) is 13.1 Å². The fourth-order valence-electron chi connectivity index (χ4n) is 3.47. The minimum absolute atomic E-state index is 0.0168. The summed E-state index contributed by atoms with van der Waals surface area (Å²) >= 11 is 0. The standard InChI is InChI=1S/C21H28N2O3S/c1-26-21-9-5-8-20(14-21)17-27(24,25)22-15-18-10-12-23(13-11-18)16-19-6-3-2-4-7-19/h2-9,14,18,22H,10-13,15-17H2,1H3. The number of likely N-dealkylation sites (tertiary alicyclic amines) is 1. The first kappa shape index (κ1) is 19.9. The van der Waals surface area contributed by atoms with Crippen LogP contribution in [0.2, 0.25) is 0 Å². The average molecular weight is 389 g/mol. The second kappa shape index (κ2) is 9.35. The molecule has 3 rings (SSSR count). The highest BCUT2D eigenvalue weighted by Gasteiger charge is 2.21. The highest BCUT2D eigenvalue weighted by Crippen LogP contribution is 2.19. The zero-order chi connectivity index (χ0) is 19.1. The fourth-order valence-corrected chi connectivity index (χ4v) is 4.68. The molecule has 0 unspecified atom stereocenters. The summed E-state index contributed by atoms with van der Waals surface area (Å²) < 4.78 is 32.7. The Kier molecular flexibility index (Phi) is 6.88. The van der Waals surface area contributed by atoms with Crippen LogP contribution < -0.4 is 9.46 Å². The van der Waals surface area contributed by atoms with Crippen molar-refractivity contribution in [2.45, 2.75) is 25.1 Å². The highest BCUT2D eigenvalue weighted by atomic mass is 32.2. The van der Waals surface area contributed by atoms with E-state index in [0.717, 1.165) is 38.0 Å². The smallest absolute Gasteiger partial charge is 0.215 e. The predicted octanol–water partition coefficient (Wildman–Crippen LogP) is 3.03. The third kappa shape index (κ3) is 6.34. The number of methoxy groups -OCH3 is 1. The van der Waals surface area contributed by atoms with Crippen molar-refractivity contribution in [1.82, 2.24) is 9.62 Å². The third-order valence-corrected chi connectivity index (χ3v) is 6.36. The van der Waals surface area contributed by atoms with E-state index in [2.05, 4.69) is 33.9 Å². The Hall–Kier alpha value is -1.89. The second-order valence-electron chi connectivity index (χ2n) is 7.16. The summed E-state index contributed by atoms with van der Waals surface area (Å²) in [6, 6.07) is 17.7. The molecular formula is C21H28N2O3S. The van der Waals surface area contributed by atoms with Crippen molar-refractivity contribution in [2.75, 3.05) is 26.7 Å². The van der Waals surface area contributed by atoms with Gasteiger partial charge in [0.05, 0.1) is 12.9 Å². The van der Waals surface area contributed by atoms with Gasteiger partial charge in [-0.05, 0) is 55.1 Å². The molecule has 1 saturated heterocycles. The molecular weight excluding hydrogens is 360 g/mol. The number of ether oxygens (including phenoxy) is 1. The molecule has 0 amide bonds. The number of nitrogens with one attached hydrogen (secondary N) is 1. The fraction of sp³-hybridized carbons (Fsp3) is 0.429. The van der Waals surface area contributed by atoms with Crippen molar-refractivity contribution in [1.29, 1.82) is 0 Å². The summed E-state index contributed by atoms with van der Waals surface area (Å²) in [6.07, 6.45) is 2.04. The number of benzene rings is 2. The monoisotopic (exact) mass is 388 g/mol. The number of hydrogen-bond donors (Lipinski definition) is 1. The Morgan fingerprint density at radius 2 is 1.74 bits per heavy atom. The van der Waals surface area contributed by atoms with Gasteiger partial charge >= 0.3 is 0 Å². The van der Waals surface area contributed by atoms with Gasteiger partial charge in [0.15, 0.2) is 0 Å². The zero-order valence-corrected chi connectivity index (χ0v) is 16.6. The first-order valence-corrected chi connectivity index (χ1v) is 11.1. The molecule has 0 atom stereocenters. The van der Waals surface area contributed by atoms with Crippen molar-refractivity contribution >= 4 is 10.0 Å². The molecule has 0 bridgehead atoms. The van der Waals surface area contributed by atoms with Crippen LogP contribution in [-0.4, -0.2) is 40.1 Å². The first-order chi connectivity index (χ1) is 13.0. The molecule has 0 radical (unpaired) electrons. The lowest BCUT2D eigenvalue weighted by Gasteiger charge is -2.32. The Morgan fingerprint density at radius 1 is 1.04 bits per heavy atom. The summed E-state index contributed by atoms with van der Waals surface area (Å²) in [7, 11) is -1.76. The summed E-state index contributed by atoms with van der Waals surface area (Å²) in [4.78, 5) is 2.44. The van der Waals surface area contributed by atoms with Gasteiger partial charge in [-0.1, -0.05) is 42.5 Å². The van der Waals surface area contributed by atoms with Crippen molar-refractivity contribution in [3.63, 3.8) is 0 Å². The van der Waals surface area contributed by atoms with E-state index in [-0.39, 0.29) is 5.75 Å². The van der Waals surface area contributed by atoms with Gasteiger partial charge in [0.1, 0.15) is 5.75 Å². The van der Waals surface area contributed by atoms with Crippen LogP contribution in [0.1, 0.15) is 24.0 Å². The molecule has 2 aromatic rings. The molecule has 5 nitrogen and oxygen atoms in total. The molecule has 1 heterocycles. The third-order valence-electron chi connectivity index (χ3n) is 5.04. The van der Waals surface area contributed by atoms with Crippen LogP contribution in [0.4, 0.5) is 0 Å². The second-order valence-corrected chi connectivity index (χ2v) is 8.97. The molecule has 0 aliphatic carbocycles. The minimum Gasteiger partial charge on any atom is -0.497 e. The summed E-state index contributed by atoms with van der Waals surface area (Å²) in [5, 5.41) is 0. The van der Waals surface area contributed by atoms with Crippen molar-refractivity contribution < 1.29 is 13.2 Å². The molecule has 1 aliphatic rings. The molecule has 0 saturated carbocycles. The number of piperidine rings is 1. The molecule has 0 spiro atoms. The summed E-state index contributed by atoms with van der Waals surface area (Å²) in [5.74, 6) is 1.06. The maximum Gasteiger partial charge on any atom is 0.215 e. The lowest BCUT2D eigenvalue weighted by atomic mass is 9.97. The quantitative estimate of drug-likeness (QED) is 0.755. The van der Waals surface area contributed by atoms with E-state index >= 15 is 0 Å². The molecule has 2 aromatic carbocycles. The van der Waals surface area contributed by atoms with E-state index in [0.29, 0.717) is 18.2 Å². The van der Waals surface area contributed by atoms with E-state index in [1.165, 1.54) is 5.56 Å². The van der Waals surface area contributed by atoms with E-state index < -0.39 is 10.0 Å². The normalized spacial score (nSPS) is 16.3. The average Bonchev–Trinajstić information content (AvgIpc) is 2.68. The zero-order valence-electron chi connectivity index (χ0n) is 15.8. The predicted molar refractivity (Wildman–Crippen MR) is 108 cm³/mol. The van der Waals surface area contributed by atoms with Crippen LogP contribution >= 0.6 is 0 Å². The molecule has 0 aromatic heterocycles. The molecule has 27 heavy (non-hydrogen) atoms. The van der Waals surface area contributed by atoms with Crippen molar-refractivity contribution in [2.24, 2.45) is 5.92 Å². The van der Waals surface area contributed by atoms with E-state index in [9.17, 15) is 8.42 Å². The van der Waals surface area contributed by atoms with Crippen molar-refractivity contribution in [3.8, 4) is 5.75 Å². The molecule has 1 N–H and O–H groups in total. The van der Waals surface area contributed by atoms with Gasteiger partial charge < -0.3 is 4.74 Å². The maximum absolute atomic E-state index is 12.4. The largest absolute Gasteiger partial charge is 0.497 e. The highest BCUT2D eigenvalue weighted by molar-refractivity contribution is 7.88. The van der Waals surface area contributed by atoms with Crippen LogP contribution in [0.3, 0.4) is 0 Å². The lowest BCUT2D eigenvalue weighted by Crippen LogP contribution is -2.38. The molecule has 146 valence electrons. The van der Waals surface area contributed by atoms with Crippen LogP contribution in [-0.2, 0) is 22.3 Å². The minimum atomic E-state index is -3.34. The Balaban J connectivity index is 1.43. The van der Waals surface area contributed by atoms with Crippen LogP contribution in [0.5, 0.6) is 5.75 Å². The Morgan fingerprint density at radius 3 is 2.44 bits per heavy atom. The van der Waals surface area contributed by atoms with Gasteiger partial charge in [0.2, 0.25) is 10.0 Å². The van der Waals surface area contributed by atoms with Gasteiger partial charge in [0, 0.05) is 13.1 Å². The van der Waals surface area contributed by atoms with Gasteiger partial charge in [-0.3, -0.25) is 4.90 Å². The van der Waals surface area contributed by atoms with Gasteiger partial charge in [-0.15, -0.1) is 0 Å². The topological polar surface area (TPSA) is 58.6 Å². The maximum atomic E-state index is 12.4. The number of sulfonamides is 1. The first-order valence-electron chi connectivity index (χ1n) is 9.40. The van der Waals surface area contributed by atoms with Crippen LogP contribution in [0.25, 0.3) is 0 Å². The van der Waals surface area contributed by atoms with Gasteiger partial charge in [0.25, 0.3) is 0 Å². The summed E-state index contributed by atoms with van der Waals surface area (Å²) in [5.41, 5.74) is 2.06. The van der Waals surface area contributed by atoms with Crippen molar-refractivity contribution in [3.05, 3.63) is 65.7 Å². The number of hydrogen-bond acceptors (Lipinski definition) is 4. The molecule has 1 fully saturated rings. The van der Waals surface area contributed by atoms with Gasteiger partial charge in [-0.2, -0.15) is 0 Å². The van der Waals surface area contributed by atoms with E-state index in [4.69, 9.17) is 4.74 Å². The number of nitrogens with zero attached hydrogens (tertiary/aromatic N) is 1. The Bertz CT molecular complexity index is 816. The lowest BCUT2D eigenvalue weighted by molar-refractivity contribution is 0.178. The Labute approximate surface area is 162 Å². The number of rotatable bonds is 8. The van der Waals surface area contributed by atoms with E-state index in [1.807, 2.05) is 24.3 Å². The summed E-state index contributed by atoms with van der Waals surface area (Å²) in [6.45, 7) is 3.51. The van der Waals surface area contributed by atoms with E-state index in [1.54, 1.807) is 13.2 Å². The molecule has 1 aliphatic heterocycles. The van der Waals surface area contributed by atoms with Crippen LogP contribution in [0, 0.1) is 5.92 Å². The SMILES string of the molecule is COc1cccc(CS(=O)(=O)NCC2CCN(Cc3ccccc3)CC2)c1. The molecule has 6 heteroatoms. The van der Waals surface area contributed by atoms with Crippen LogP contribution in [0.15, 0.2) is 54.6 Å².